The van der Waals surface area contributed by atoms with E-state index in [0.717, 1.165) is 0 Å². The van der Waals surface area contributed by atoms with Crippen LogP contribution in [0.5, 0.6) is 5.75 Å². The summed E-state index contributed by atoms with van der Waals surface area (Å²) in [6.45, 7) is 3.84. The van der Waals surface area contributed by atoms with Crippen LogP contribution in [0.1, 0.15) is 24.2 Å². The second-order valence-electron chi connectivity index (χ2n) is 3.29. The zero-order valence-corrected chi connectivity index (χ0v) is 9.45. The van der Waals surface area contributed by atoms with Crippen molar-refractivity contribution in [3.63, 3.8) is 0 Å². The molecule has 0 bridgehead atoms. The first-order valence-electron chi connectivity index (χ1n) is 5.14. The number of amides is 1. The molecule has 0 aliphatic heterocycles. The van der Waals surface area contributed by atoms with E-state index >= 15 is 0 Å². The highest BCUT2D eigenvalue weighted by Crippen LogP contribution is 2.13. The summed E-state index contributed by atoms with van der Waals surface area (Å²) in [5.74, 6) is 0.322. The molecule has 16 heavy (non-hydrogen) atoms. The van der Waals surface area contributed by atoms with E-state index in [-0.39, 0.29) is 18.2 Å². The summed E-state index contributed by atoms with van der Waals surface area (Å²) in [6, 6.07) is 6.92. The number of ether oxygens (including phenoxy) is 1. The summed E-state index contributed by atoms with van der Waals surface area (Å²) in [5, 5.41) is 2.47. The molecule has 1 aromatic rings. The molecule has 4 heteroatoms. The topological polar surface area (TPSA) is 55.4 Å². The Morgan fingerprint density at radius 2 is 2.12 bits per heavy atom. The van der Waals surface area contributed by atoms with E-state index < -0.39 is 0 Å². The molecule has 0 heterocycles. The van der Waals surface area contributed by atoms with Gasteiger partial charge in [0.15, 0.2) is 5.78 Å². The molecule has 0 saturated carbocycles. The number of ketones is 1. The molecule has 0 aromatic heterocycles. The Kier molecular flexibility index (Phi) is 4.51. The minimum Gasteiger partial charge on any atom is -0.494 e. The van der Waals surface area contributed by atoms with Gasteiger partial charge in [-0.1, -0.05) is 12.1 Å². The molecule has 0 saturated heterocycles. The average molecular weight is 221 g/mol. The third kappa shape index (κ3) is 3.73. The second-order valence-corrected chi connectivity index (χ2v) is 3.29. The van der Waals surface area contributed by atoms with Gasteiger partial charge in [-0.05, 0) is 19.1 Å². The van der Waals surface area contributed by atoms with Gasteiger partial charge in [-0.3, -0.25) is 9.59 Å². The van der Waals surface area contributed by atoms with Crippen molar-refractivity contribution in [1.29, 1.82) is 0 Å². The number of Topliss-reactive ketones (excluding diaryl/α,β-unsaturated/α-hetero) is 1. The molecule has 0 fully saturated rings. The fourth-order valence-corrected chi connectivity index (χ4v) is 1.23. The highest BCUT2D eigenvalue weighted by molar-refractivity contribution is 5.99. The molecule has 4 nitrogen and oxygen atoms in total. The average Bonchev–Trinajstić information content (AvgIpc) is 2.26. The molecular weight excluding hydrogens is 206 g/mol. The third-order valence-electron chi connectivity index (χ3n) is 1.96. The minimum absolute atomic E-state index is 0.0188. The lowest BCUT2D eigenvalue weighted by Gasteiger charge is -2.05. The number of benzene rings is 1. The van der Waals surface area contributed by atoms with E-state index in [1.54, 1.807) is 24.3 Å². The lowest BCUT2D eigenvalue weighted by Crippen LogP contribution is -2.27. The van der Waals surface area contributed by atoms with Gasteiger partial charge in [0.2, 0.25) is 5.91 Å². The maximum atomic E-state index is 11.6. The number of carbonyl (C=O) groups is 2. The van der Waals surface area contributed by atoms with Crippen LogP contribution in [0.4, 0.5) is 0 Å². The van der Waals surface area contributed by atoms with E-state index in [4.69, 9.17) is 4.74 Å². The Bertz CT molecular complexity index is 388. The molecule has 0 aliphatic carbocycles. The van der Waals surface area contributed by atoms with Crippen molar-refractivity contribution >= 4 is 11.7 Å². The Balaban J connectivity index is 2.67. The van der Waals surface area contributed by atoms with Gasteiger partial charge >= 0.3 is 0 Å². The van der Waals surface area contributed by atoms with Gasteiger partial charge in [0, 0.05) is 12.5 Å². The lowest BCUT2D eigenvalue weighted by atomic mass is 10.1. The third-order valence-corrected chi connectivity index (χ3v) is 1.96. The van der Waals surface area contributed by atoms with Crippen molar-refractivity contribution in [3.05, 3.63) is 29.8 Å². The van der Waals surface area contributed by atoms with Crippen LogP contribution in [0.15, 0.2) is 24.3 Å². The van der Waals surface area contributed by atoms with Crippen LogP contribution in [0.3, 0.4) is 0 Å². The van der Waals surface area contributed by atoms with Crippen LogP contribution < -0.4 is 10.1 Å². The summed E-state index contributed by atoms with van der Waals surface area (Å²) in [5.41, 5.74) is 0.541. The molecule has 0 radical (unpaired) electrons. The van der Waals surface area contributed by atoms with Gasteiger partial charge in [-0.25, -0.2) is 0 Å². The SMILES string of the molecule is CCOc1cccc(C(=O)CNC(C)=O)c1. The molecule has 0 spiro atoms. The predicted octanol–water partition coefficient (Wildman–Crippen LogP) is 1.40. The van der Waals surface area contributed by atoms with Gasteiger partial charge < -0.3 is 10.1 Å². The molecule has 1 N–H and O–H groups in total. The smallest absolute Gasteiger partial charge is 0.217 e. The van der Waals surface area contributed by atoms with Crippen molar-refractivity contribution < 1.29 is 14.3 Å². The van der Waals surface area contributed by atoms with Gasteiger partial charge in [0.1, 0.15) is 5.75 Å². The molecule has 1 rings (SSSR count). The summed E-state index contributed by atoms with van der Waals surface area (Å²) in [4.78, 5) is 22.3. The molecular formula is C12H15NO3. The fraction of sp³-hybridized carbons (Fsp3) is 0.333. The monoisotopic (exact) mass is 221 g/mol. The van der Waals surface area contributed by atoms with E-state index in [0.29, 0.717) is 17.9 Å². The van der Waals surface area contributed by atoms with Crippen molar-refractivity contribution in [2.75, 3.05) is 13.2 Å². The second kappa shape index (κ2) is 5.90. The zero-order valence-electron chi connectivity index (χ0n) is 9.45. The van der Waals surface area contributed by atoms with E-state index in [1.807, 2.05) is 6.92 Å². The Hall–Kier alpha value is -1.84. The first-order valence-corrected chi connectivity index (χ1v) is 5.14. The van der Waals surface area contributed by atoms with Crippen molar-refractivity contribution in [3.8, 4) is 5.75 Å². The maximum Gasteiger partial charge on any atom is 0.217 e. The normalized spacial score (nSPS) is 9.62. The molecule has 0 unspecified atom stereocenters. The van der Waals surface area contributed by atoms with Gasteiger partial charge in [0.05, 0.1) is 13.2 Å². The fourth-order valence-electron chi connectivity index (χ4n) is 1.23. The summed E-state index contributed by atoms with van der Waals surface area (Å²) >= 11 is 0. The Morgan fingerprint density at radius 3 is 2.75 bits per heavy atom. The first-order chi connectivity index (χ1) is 7.63. The van der Waals surface area contributed by atoms with Crippen LogP contribution in [-0.4, -0.2) is 24.8 Å². The van der Waals surface area contributed by atoms with Crippen molar-refractivity contribution in [2.45, 2.75) is 13.8 Å². The molecule has 0 aliphatic rings. The number of rotatable bonds is 5. The van der Waals surface area contributed by atoms with Gasteiger partial charge in [-0.2, -0.15) is 0 Å². The quantitative estimate of drug-likeness (QED) is 0.765. The van der Waals surface area contributed by atoms with Crippen LogP contribution >= 0.6 is 0 Å². The maximum absolute atomic E-state index is 11.6. The lowest BCUT2D eigenvalue weighted by molar-refractivity contribution is -0.118. The van der Waals surface area contributed by atoms with E-state index in [1.165, 1.54) is 6.92 Å². The molecule has 1 aromatic carbocycles. The number of hydrogen-bond acceptors (Lipinski definition) is 3. The number of nitrogens with one attached hydrogen (secondary N) is 1. The van der Waals surface area contributed by atoms with Crippen LogP contribution in [0.25, 0.3) is 0 Å². The van der Waals surface area contributed by atoms with E-state index in [9.17, 15) is 9.59 Å². The number of hydrogen-bond donors (Lipinski definition) is 1. The van der Waals surface area contributed by atoms with Crippen LogP contribution in [0.2, 0.25) is 0 Å². The highest BCUT2D eigenvalue weighted by Gasteiger charge is 2.07. The number of carbonyl (C=O) groups excluding carboxylic acids is 2. The molecule has 86 valence electrons. The summed E-state index contributed by atoms with van der Waals surface area (Å²) in [7, 11) is 0. The zero-order chi connectivity index (χ0) is 12.0. The predicted molar refractivity (Wildman–Crippen MR) is 60.6 cm³/mol. The van der Waals surface area contributed by atoms with Crippen molar-refractivity contribution in [1.82, 2.24) is 5.32 Å². The Labute approximate surface area is 94.6 Å². The minimum atomic E-state index is -0.214. The molecule has 1 amide bonds. The van der Waals surface area contributed by atoms with Crippen LogP contribution in [-0.2, 0) is 4.79 Å². The highest BCUT2D eigenvalue weighted by atomic mass is 16.5. The van der Waals surface area contributed by atoms with Gasteiger partial charge in [0.25, 0.3) is 0 Å². The molecule has 0 atom stereocenters. The Morgan fingerprint density at radius 1 is 1.38 bits per heavy atom. The van der Waals surface area contributed by atoms with Gasteiger partial charge in [-0.15, -0.1) is 0 Å². The largest absolute Gasteiger partial charge is 0.494 e. The van der Waals surface area contributed by atoms with Crippen LogP contribution in [0, 0.1) is 0 Å². The standard InChI is InChI=1S/C12H15NO3/c1-3-16-11-6-4-5-10(7-11)12(15)8-13-9(2)14/h4-7H,3,8H2,1-2H3,(H,13,14). The summed E-state index contributed by atoms with van der Waals surface area (Å²) in [6.07, 6.45) is 0. The summed E-state index contributed by atoms with van der Waals surface area (Å²) < 4.78 is 5.28. The van der Waals surface area contributed by atoms with Crippen molar-refractivity contribution in [2.24, 2.45) is 0 Å². The first kappa shape index (κ1) is 12.2. The van der Waals surface area contributed by atoms with E-state index in [2.05, 4.69) is 5.32 Å².